The number of furan rings is 1. The van der Waals surface area contributed by atoms with Crippen molar-refractivity contribution in [2.45, 2.75) is 127 Å². The zero-order chi connectivity index (χ0) is 90.6. The standard InChI is InChI=1S/C25H27NO2.C20H25NO4.C17H14Cl2F2N2O3.C17H14N2O6S.C16H11Cl2N3O2/c1-27-24-12-11-21(18-25(24)28-22-9-5-6-10-22)23(20-7-3-2-4-8-20)17-19-13-15-26-16-14-19;1-21-20(11-9-14(10-12-20)19(22)23)15-7-8-17(24-2)18(13-15)25-16-5-3-4-6-16;18-11-6-22-7-12(19)15(11)23-16(24)10-3-4-13(26-17(20)21)14(5-10)25-8-9-1-2-9;1-22-25-26-24-11-7-8-12-13(9-11)23-16(14(12)19-17(18)21)15(20)10-5-3-2-4-6-10;1-23-12-5-4-11(10-3-2-6-19-15(10)12)16(22)20-9-7-13(17)21-14(18)8-9/h2-4,7-8,11-16,18,22-23H,5-6,9-10,17H2,1H3;7-8,13-14,16H,3-6,9-12H2,2H3,(H,22,23);3-7,9,17H,1-2,8H2,(H,22,23,24);2-9H,1H3,(H3,18,19,21);2-8H,1H3,(H,20,21,22)/t23-;;;;/m1..../s1. The summed E-state index contributed by atoms with van der Waals surface area (Å²) in [6.07, 6.45) is 23.0. The fourth-order valence-corrected chi connectivity index (χ4v) is 16.0. The molecule has 0 bridgehead atoms. The largest absolute Gasteiger partial charge is 0.494 e. The van der Waals surface area contributed by atoms with Crippen LogP contribution in [0, 0.1) is 18.4 Å². The van der Waals surface area contributed by atoms with Gasteiger partial charge in [0, 0.05) is 94.5 Å². The van der Waals surface area contributed by atoms with E-state index in [1.807, 2.05) is 42.7 Å². The molecular formula is C95H91Cl4F2N9O17S. The third-order valence-corrected chi connectivity index (χ3v) is 22.9. The Morgan fingerprint density at radius 3 is 1.84 bits per heavy atom. The lowest BCUT2D eigenvalue weighted by atomic mass is 9.73. The van der Waals surface area contributed by atoms with Crippen LogP contribution in [0.2, 0.25) is 20.4 Å². The number of hydrogen-bond donors (Lipinski definition) is 5. The molecule has 12 aromatic rings. The smallest absolute Gasteiger partial charge is 0.387 e. The lowest BCUT2D eigenvalue weighted by molar-refractivity contribution is -0.164. The van der Waals surface area contributed by atoms with E-state index in [2.05, 4.69) is 109 Å². The van der Waals surface area contributed by atoms with Crippen LogP contribution in [0.4, 0.5) is 30.6 Å². The van der Waals surface area contributed by atoms with Crippen LogP contribution in [0.15, 0.2) is 217 Å². The molecule has 1 atom stereocenters. The molecule has 16 rings (SSSR count). The summed E-state index contributed by atoms with van der Waals surface area (Å²) >= 11 is 24.3. The van der Waals surface area contributed by atoms with E-state index < -0.39 is 30.1 Å². The number of rotatable bonds is 29. The number of carboxylic acids is 1. The van der Waals surface area contributed by atoms with Crippen molar-refractivity contribution in [1.29, 1.82) is 0 Å². The van der Waals surface area contributed by atoms with Gasteiger partial charge in [-0.1, -0.05) is 119 Å². The van der Waals surface area contributed by atoms with Crippen LogP contribution in [0.3, 0.4) is 0 Å². The molecule has 128 heavy (non-hydrogen) atoms. The van der Waals surface area contributed by atoms with Crippen molar-refractivity contribution in [2.24, 2.45) is 17.6 Å². The number of amides is 4. The minimum absolute atomic E-state index is 0.0251. The van der Waals surface area contributed by atoms with Crippen molar-refractivity contribution in [3.63, 3.8) is 0 Å². The van der Waals surface area contributed by atoms with E-state index in [0.29, 0.717) is 118 Å². The zero-order valence-electron chi connectivity index (χ0n) is 70.0. The van der Waals surface area contributed by atoms with Crippen LogP contribution in [0.5, 0.6) is 46.0 Å². The molecule has 5 heterocycles. The van der Waals surface area contributed by atoms with Crippen molar-refractivity contribution in [1.82, 2.24) is 19.9 Å². The van der Waals surface area contributed by atoms with E-state index in [9.17, 15) is 37.9 Å². The number of ketones is 1. The number of fused-ring (bicyclic) bond motifs is 2. The van der Waals surface area contributed by atoms with E-state index in [0.717, 1.165) is 62.0 Å². The lowest BCUT2D eigenvalue weighted by Gasteiger charge is -2.30. The molecule has 0 aliphatic heterocycles. The fourth-order valence-electron chi connectivity index (χ4n) is 14.9. The number of anilines is 3. The second kappa shape index (κ2) is 46.3. The molecule has 33 heteroatoms. The van der Waals surface area contributed by atoms with Crippen LogP contribution in [-0.4, -0.2) is 109 Å². The molecule has 7 aromatic carbocycles. The predicted octanol–water partition coefficient (Wildman–Crippen LogP) is 23.1. The Balaban J connectivity index is 0.000000145. The number of primary amides is 1. The Morgan fingerprint density at radius 1 is 0.602 bits per heavy atom. The highest BCUT2D eigenvalue weighted by molar-refractivity contribution is 7.90. The maximum absolute atomic E-state index is 12.8. The van der Waals surface area contributed by atoms with Gasteiger partial charge in [-0.25, -0.2) is 21.2 Å². The first-order valence-electron chi connectivity index (χ1n) is 40.9. The van der Waals surface area contributed by atoms with Gasteiger partial charge in [-0.15, -0.1) is 4.33 Å². The first kappa shape index (κ1) is 94.6. The Kier molecular flexibility index (Phi) is 34.2. The molecule has 0 spiro atoms. The second-order valence-corrected chi connectivity index (χ2v) is 32.1. The number of hydrogen-bond acceptors (Lipinski definition) is 21. The minimum atomic E-state index is -2.99. The molecule has 4 amide bonds. The molecule has 4 aliphatic rings. The summed E-state index contributed by atoms with van der Waals surface area (Å²) < 4.78 is 79.4. The van der Waals surface area contributed by atoms with E-state index in [1.165, 1.54) is 92.2 Å². The van der Waals surface area contributed by atoms with Crippen molar-refractivity contribution in [2.75, 3.05) is 51.0 Å². The van der Waals surface area contributed by atoms with E-state index in [-0.39, 0.29) is 84.2 Å². The Morgan fingerprint density at radius 2 is 1.23 bits per heavy atom. The first-order valence-corrected chi connectivity index (χ1v) is 43.1. The van der Waals surface area contributed by atoms with Crippen LogP contribution >= 0.6 is 58.7 Å². The molecule has 4 fully saturated rings. The molecule has 5 aromatic heterocycles. The van der Waals surface area contributed by atoms with Gasteiger partial charge < -0.3 is 73.4 Å². The van der Waals surface area contributed by atoms with Gasteiger partial charge in [-0.3, -0.25) is 34.1 Å². The molecule has 0 saturated heterocycles. The van der Waals surface area contributed by atoms with E-state index in [1.54, 1.807) is 94.3 Å². The number of nitrogens with two attached hydrogens (primary N) is 1. The third-order valence-electron chi connectivity index (χ3n) is 21.5. The Hall–Kier alpha value is -12.5. The van der Waals surface area contributed by atoms with Gasteiger partial charge in [0.05, 0.1) is 68.9 Å². The number of methoxy groups -OCH3 is 3. The van der Waals surface area contributed by atoms with Gasteiger partial charge in [-0.2, -0.15) is 8.78 Å². The third kappa shape index (κ3) is 25.9. The highest BCUT2D eigenvalue weighted by Gasteiger charge is 2.45. The van der Waals surface area contributed by atoms with Crippen LogP contribution in [-0.2, 0) is 26.0 Å². The molecular weight excluding hydrogens is 1750 g/mol. The highest BCUT2D eigenvalue weighted by atomic mass is 35.5. The number of urea groups is 1. The quantitative estimate of drug-likeness (QED) is 0.00553. The number of carbonyl (C=O) groups excluding carboxylic acids is 4. The van der Waals surface area contributed by atoms with Gasteiger partial charge in [-0.05, 0) is 209 Å². The number of carboxylic acid groups (broad SMARTS) is 1. The summed E-state index contributed by atoms with van der Waals surface area (Å²) in [6.45, 7) is 5.14. The van der Waals surface area contributed by atoms with Gasteiger partial charge in [0.25, 0.3) is 29.7 Å². The number of alkyl halides is 2. The molecule has 26 nitrogen and oxygen atoms in total. The van der Waals surface area contributed by atoms with Gasteiger partial charge in [0.15, 0.2) is 40.3 Å². The lowest BCUT2D eigenvalue weighted by Crippen LogP contribution is -2.31. The Labute approximate surface area is 761 Å². The normalized spacial score (nSPS) is 15.4. The maximum Gasteiger partial charge on any atom is 0.387 e. The number of halogens is 6. The van der Waals surface area contributed by atoms with E-state index >= 15 is 0 Å². The predicted molar refractivity (Wildman–Crippen MR) is 485 cm³/mol. The average molecular weight is 1840 g/mol. The summed E-state index contributed by atoms with van der Waals surface area (Å²) in [5.74, 6) is 2.36. The number of benzene rings is 7. The molecule has 666 valence electrons. The SMILES string of the molecule is COOSOc1ccc2c(NC(N)=O)c(C(=O)c3ccccc3)oc2c1.COc1ccc(C(=O)Nc2cc(Cl)nc(Cl)c2)c2cccnc12.COc1ccc([C@H](Cc2ccncc2)c2ccccc2)cc1OC1CCCC1.O=C(Nc1c(Cl)cncc1Cl)c1ccc(OC(F)F)c(OCC2CC2)c1.[C-]#[N+]C1(c2ccc(OC)c(OC3CCCC3)c2)CCC(C(=O)O)CC1. The molecule has 6 N–H and O–H groups in total. The van der Waals surface area contributed by atoms with Crippen molar-refractivity contribution >= 4 is 127 Å². The number of aliphatic carboxylic acids is 1. The number of nitrogens with one attached hydrogen (secondary N) is 3. The van der Waals surface area contributed by atoms with E-state index in [4.69, 9.17) is 95.7 Å². The monoisotopic (exact) mass is 1840 g/mol. The van der Waals surface area contributed by atoms with Crippen molar-refractivity contribution in [3.05, 3.63) is 289 Å². The molecule has 4 saturated carbocycles. The summed E-state index contributed by atoms with van der Waals surface area (Å²) in [7, 11) is 6.24. The van der Waals surface area contributed by atoms with Crippen LogP contribution < -0.4 is 59.0 Å². The van der Waals surface area contributed by atoms with Crippen molar-refractivity contribution in [3.8, 4) is 46.0 Å². The molecule has 4 aliphatic carbocycles. The Bertz CT molecular complexity index is 5810. The highest BCUT2D eigenvalue weighted by Crippen LogP contribution is 2.47. The van der Waals surface area contributed by atoms with Crippen molar-refractivity contribution < 1.29 is 88.8 Å². The summed E-state index contributed by atoms with van der Waals surface area (Å²) in [5, 5.41) is 18.9. The second-order valence-electron chi connectivity index (χ2n) is 30.0. The molecule has 0 radical (unpaired) electrons. The van der Waals surface area contributed by atoms with Gasteiger partial charge in [0.2, 0.25) is 5.78 Å². The number of carbonyl (C=O) groups is 5. The van der Waals surface area contributed by atoms with Crippen LogP contribution in [0.25, 0.3) is 26.7 Å². The number of ether oxygens (including phenoxy) is 7. The summed E-state index contributed by atoms with van der Waals surface area (Å²) in [4.78, 5) is 84.8. The minimum Gasteiger partial charge on any atom is -0.494 e. The molecule has 0 unspecified atom stereocenters. The first-order chi connectivity index (χ1) is 62.0. The number of aromatic nitrogens is 4. The zero-order valence-corrected chi connectivity index (χ0v) is 73.8. The van der Waals surface area contributed by atoms with Gasteiger partial charge in [0.1, 0.15) is 38.6 Å². The topological polar surface area (TPSA) is 329 Å². The number of pyridine rings is 4. The maximum atomic E-state index is 12.8. The number of nitrogens with zero attached hydrogens (tertiary/aromatic N) is 5. The summed E-state index contributed by atoms with van der Waals surface area (Å²) in [5.41, 5.74) is 12.2. The van der Waals surface area contributed by atoms with Gasteiger partial charge >= 0.3 is 18.6 Å². The fraction of sp³-hybridized carbons (Fsp3) is 0.284. The van der Waals surface area contributed by atoms with Crippen LogP contribution in [0.1, 0.15) is 155 Å². The summed E-state index contributed by atoms with van der Waals surface area (Å²) in [6, 6.07) is 53.5. The average Bonchev–Trinajstić information content (AvgIpc) is 1.33.